The summed E-state index contributed by atoms with van der Waals surface area (Å²) >= 11 is 0. The first-order valence-corrected chi connectivity index (χ1v) is 8.19. The number of aromatic nitrogens is 1. The van der Waals surface area contributed by atoms with Crippen LogP contribution in [0.2, 0.25) is 0 Å². The molecule has 0 aliphatic carbocycles. The quantitative estimate of drug-likeness (QED) is 0.921. The molecule has 1 amide bonds. The predicted octanol–water partition coefficient (Wildman–Crippen LogP) is 2.65. The van der Waals surface area contributed by atoms with Crippen LogP contribution in [0.1, 0.15) is 31.4 Å². The molecule has 1 aromatic heterocycles. The van der Waals surface area contributed by atoms with Gasteiger partial charge in [-0.2, -0.15) is 0 Å². The molecule has 5 heteroatoms. The summed E-state index contributed by atoms with van der Waals surface area (Å²) in [7, 11) is 0. The lowest BCUT2D eigenvalue weighted by Gasteiger charge is -2.35. The zero-order valence-corrected chi connectivity index (χ0v) is 13.1. The third kappa shape index (κ3) is 3.79. The van der Waals surface area contributed by atoms with Crippen LogP contribution in [0.5, 0.6) is 0 Å². The van der Waals surface area contributed by atoms with Gasteiger partial charge in [-0.3, -0.25) is 4.79 Å². The average Bonchev–Trinajstić information content (AvgIpc) is 3.05. The summed E-state index contributed by atoms with van der Waals surface area (Å²) in [4.78, 5) is 14.5. The van der Waals surface area contributed by atoms with Crippen molar-refractivity contribution in [3.63, 3.8) is 0 Å². The molecule has 0 bridgehead atoms. The average molecular weight is 314 g/mol. The second-order valence-electron chi connectivity index (χ2n) is 5.97. The highest BCUT2D eigenvalue weighted by atomic mass is 16.5. The van der Waals surface area contributed by atoms with E-state index in [0.29, 0.717) is 17.9 Å². The Hall–Kier alpha value is -2.14. The third-order valence-electron chi connectivity index (χ3n) is 4.36. The van der Waals surface area contributed by atoms with Crippen LogP contribution in [0.15, 0.2) is 40.9 Å². The van der Waals surface area contributed by atoms with Crippen molar-refractivity contribution < 1.29 is 14.4 Å². The van der Waals surface area contributed by atoms with Gasteiger partial charge in [-0.15, -0.1) is 0 Å². The van der Waals surface area contributed by atoms with Gasteiger partial charge in [0.2, 0.25) is 5.91 Å². The molecule has 1 aliphatic rings. The van der Waals surface area contributed by atoms with Gasteiger partial charge in [-0.1, -0.05) is 35.5 Å². The van der Waals surface area contributed by atoms with Crippen LogP contribution in [0.4, 0.5) is 0 Å². The van der Waals surface area contributed by atoms with E-state index in [1.165, 1.54) is 0 Å². The van der Waals surface area contributed by atoms with Crippen LogP contribution < -0.4 is 0 Å². The molecule has 122 valence electrons. The number of benzene rings is 1. The number of carbonyl (C=O) groups is 1. The molecule has 2 aromatic rings. The Kier molecular flexibility index (Phi) is 5.08. The van der Waals surface area contributed by atoms with Crippen LogP contribution >= 0.6 is 0 Å². The van der Waals surface area contributed by atoms with Crippen molar-refractivity contribution in [3.8, 4) is 11.3 Å². The fourth-order valence-corrected chi connectivity index (χ4v) is 3.17. The van der Waals surface area contributed by atoms with E-state index in [0.717, 1.165) is 31.4 Å². The zero-order chi connectivity index (χ0) is 16.1. The highest BCUT2D eigenvalue weighted by Crippen LogP contribution is 2.23. The molecule has 1 atom stereocenters. The first-order valence-electron chi connectivity index (χ1n) is 8.19. The molecule has 0 spiro atoms. The van der Waals surface area contributed by atoms with E-state index in [9.17, 15) is 9.90 Å². The van der Waals surface area contributed by atoms with Crippen molar-refractivity contribution in [1.29, 1.82) is 0 Å². The lowest BCUT2D eigenvalue weighted by molar-refractivity contribution is -0.134. The Morgan fingerprint density at radius 1 is 1.30 bits per heavy atom. The molecule has 0 saturated carbocycles. The van der Waals surface area contributed by atoms with E-state index in [1.807, 2.05) is 41.3 Å². The summed E-state index contributed by atoms with van der Waals surface area (Å²) in [5, 5.41) is 13.2. The lowest BCUT2D eigenvalue weighted by atomic mass is 9.99. The van der Waals surface area contributed by atoms with Gasteiger partial charge in [0, 0.05) is 30.8 Å². The van der Waals surface area contributed by atoms with Gasteiger partial charge >= 0.3 is 0 Å². The fourth-order valence-electron chi connectivity index (χ4n) is 3.17. The van der Waals surface area contributed by atoms with E-state index < -0.39 is 0 Å². The second-order valence-corrected chi connectivity index (χ2v) is 5.97. The van der Waals surface area contributed by atoms with Gasteiger partial charge in [0.15, 0.2) is 5.76 Å². The summed E-state index contributed by atoms with van der Waals surface area (Å²) in [5.74, 6) is 0.745. The number of nitrogens with zero attached hydrogens (tertiary/aromatic N) is 2. The topological polar surface area (TPSA) is 66.6 Å². The first-order chi connectivity index (χ1) is 11.3. The molecule has 1 fully saturated rings. The largest absolute Gasteiger partial charge is 0.396 e. The van der Waals surface area contributed by atoms with Gasteiger partial charge in [0.1, 0.15) is 0 Å². The molecular weight excluding hydrogens is 292 g/mol. The molecule has 23 heavy (non-hydrogen) atoms. The second kappa shape index (κ2) is 7.42. The minimum Gasteiger partial charge on any atom is -0.396 e. The minimum absolute atomic E-state index is 0.0658. The number of aliphatic hydroxyl groups is 1. The van der Waals surface area contributed by atoms with E-state index >= 15 is 0 Å². The molecule has 1 saturated heterocycles. The number of piperidine rings is 1. The van der Waals surface area contributed by atoms with Crippen molar-refractivity contribution in [2.45, 2.75) is 38.1 Å². The number of likely N-dealkylation sites (tertiary alicyclic amines) is 1. The maximum atomic E-state index is 12.6. The van der Waals surface area contributed by atoms with Crippen molar-refractivity contribution in [2.75, 3.05) is 13.2 Å². The van der Waals surface area contributed by atoms with E-state index in [4.69, 9.17) is 4.52 Å². The molecule has 5 nitrogen and oxygen atoms in total. The summed E-state index contributed by atoms with van der Waals surface area (Å²) in [6, 6.07) is 11.7. The molecule has 2 heterocycles. The first kappa shape index (κ1) is 15.7. The Labute approximate surface area is 135 Å². The van der Waals surface area contributed by atoms with Crippen LogP contribution in [0.25, 0.3) is 11.3 Å². The summed E-state index contributed by atoms with van der Waals surface area (Å²) in [6.07, 6.45) is 4.02. The van der Waals surface area contributed by atoms with Crippen LogP contribution in [-0.2, 0) is 11.2 Å². The van der Waals surface area contributed by atoms with Crippen LogP contribution in [-0.4, -0.2) is 40.3 Å². The van der Waals surface area contributed by atoms with Crippen molar-refractivity contribution in [2.24, 2.45) is 0 Å². The molecule has 1 unspecified atom stereocenters. The standard InChI is InChI=1S/C18H22N2O3/c21-11-9-16-8-4-5-10-20(16)18(22)13-15-12-17(23-19-15)14-6-2-1-3-7-14/h1-3,6-7,12,16,21H,4-5,8-11,13H2. The summed E-state index contributed by atoms with van der Waals surface area (Å²) in [5.41, 5.74) is 1.61. The Balaban J connectivity index is 1.67. The fraction of sp³-hybridized carbons (Fsp3) is 0.444. The van der Waals surface area contributed by atoms with Crippen LogP contribution in [0, 0.1) is 0 Å². The van der Waals surface area contributed by atoms with E-state index in [1.54, 1.807) is 0 Å². The van der Waals surface area contributed by atoms with Crippen molar-refractivity contribution in [1.82, 2.24) is 10.1 Å². The zero-order valence-electron chi connectivity index (χ0n) is 13.1. The maximum absolute atomic E-state index is 12.6. The van der Waals surface area contributed by atoms with Gasteiger partial charge < -0.3 is 14.5 Å². The van der Waals surface area contributed by atoms with E-state index in [-0.39, 0.29) is 25.0 Å². The summed E-state index contributed by atoms with van der Waals surface area (Å²) in [6.45, 7) is 0.892. The molecule has 1 aromatic carbocycles. The predicted molar refractivity (Wildman–Crippen MR) is 86.7 cm³/mol. The number of rotatable bonds is 5. The van der Waals surface area contributed by atoms with Crippen molar-refractivity contribution in [3.05, 3.63) is 42.1 Å². The number of hydrogen-bond acceptors (Lipinski definition) is 4. The number of amides is 1. The molecule has 1 aliphatic heterocycles. The molecule has 0 radical (unpaired) electrons. The highest BCUT2D eigenvalue weighted by molar-refractivity contribution is 5.79. The molecule has 1 N–H and O–H groups in total. The monoisotopic (exact) mass is 314 g/mol. The Bertz CT molecular complexity index is 637. The number of carbonyl (C=O) groups excluding carboxylic acids is 1. The van der Waals surface area contributed by atoms with Gasteiger partial charge in [-0.05, 0) is 25.7 Å². The Morgan fingerprint density at radius 2 is 2.13 bits per heavy atom. The van der Waals surface area contributed by atoms with Gasteiger partial charge in [-0.25, -0.2) is 0 Å². The maximum Gasteiger partial charge on any atom is 0.228 e. The van der Waals surface area contributed by atoms with Crippen LogP contribution in [0.3, 0.4) is 0 Å². The molecular formula is C18H22N2O3. The van der Waals surface area contributed by atoms with Crippen molar-refractivity contribution >= 4 is 5.91 Å². The number of aliphatic hydroxyl groups excluding tert-OH is 1. The third-order valence-corrected chi connectivity index (χ3v) is 4.36. The number of hydrogen-bond donors (Lipinski definition) is 1. The molecule has 3 rings (SSSR count). The highest BCUT2D eigenvalue weighted by Gasteiger charge is 2.26. The Morgan fingerprint density at radius 3 is 2.91 bits per heavy atom. The summed E-state index contributed by atoms with van der Waals surface area (Å²) < 4.78 is 5.35. The normalized spacial score (nSPS) is 18.1. The van der Waals surface area contributed by atoms with Gasteiger partial charge in [0.25, 0.3) is 0 Å². The lowest BCUT2D eigenvalue weighted by Crippen LogP contribution is -2.44. The smallest absolute Gasteiger partial charge is 0.228 e. The minimum atomic E-state index is 0.0658. The van der Waals surface area contributed by atoms with Gasteiger partial charge in [0.05, 0.1) is 12.1 Å². The SMILES string of the molecule is O=C(Cc1cc(-c2ccccc2)on1)N1CCCCC1CCO. The van der Waals surface area contributed by atoms with E-state index in [2.05, 4.69) is 5.16 Å².